The van der Waals surface area contributed by atoms with Crippen LogP contribution in [0.15, 0.2) is 0 Å². The van der Waals surface area contributed by atoms with Crippen LogP contribution in [0, 0.1) is 5.92 Å². The quantitative estimate of drug-likeness (QED) is 0.739. The van der Waals surface area contributed by atoms with Gasteiger partial charge in [0.15, 0.2) is 0 Å². The van der Waals surface area contributed by atoms with E-state index in [1.807, 2.05) is 13.8 Å². The number of ether oxygens (including phenoxy) is 1. The molecule has 0 aromatic heterocycles. The maximum Gasteiger partial charge on any atom is 0.0620 e. The number of likely N-dealkylation sites (tertiary alicyclic amines) is 1. The summed E-state index contributed by atoms with van der Waals surface area (Å²) in [5.74, 6) is 0.460. The van der Waals surface area contributed by atoms with E-state index < -0.39 is 5.60 Å². The van der Waals surface area contributed by atoms with Gasteiger partial charge in [-0.05, 0) is 45.7 Å². The second kappa shape index (κ2) is 5.10. The van der Waals surface area contributed by atoms with Crippen LogP contribution in [0.1, 0.15) is 26.7 Å². The van der Waals surface area contributed by atoms with E-state index in [1.165, 1.54) is 0 Å². The molecule has 1 aliphatic heterocycles. The zero-order chi connectivity index (χ0) is 10.6. The molecule has 3 nitrogen and oxygen atoms in total. The largest absolute Gasteiger partial charge is 0.390 e. The number of rotatable bonds is 4. The van der Waals surface area contributed by atoms with Gasteiger partial charge in [0.2, 0.25) is 0 Å². The number of methoxy groups -OCH3 is 1. The van der Waals surface area contributed by atoms with E-state index in [4.69, 9.17) is 4.74 Å². The molecule has 0 atom stereocenters. The van der Waals surface area contributed by atoms with Crippen molar-refractivity contribution in [1.29, 1.82) is 0 Å². The summed E-state index contributed by atoms with van der Waals surface area (Å²) < 4.78 is 5.05. The van der Waals surface area contributed by atoms with Gasteiger partial charge in [-0.2, -0.15) is 0 Å². The first-order valence-corrected chi connectivity index (χ1v) is 5.47. The molecule has 0 amide bonds. The molecule has 0 saturated carbocycles. The van der Waals surface area contributed by atoms with Crippen LogP contribution in [0.5, 0.6) is 0 Å². The lowest BCUT2D eigenvalue weighted by molar-refractivity contribution is -0.0150. The third-order valence-electron chi connectivity index (χ3n) is 3.20. The van der Waals surface area contributed by atoms with E-state index in [1.54, 1.807) is 7.11 Å². The highest BCUT2D eigenvalue weighted by atomic mass is 16.5. The summed E-state index contributed by atoms with van der Waals surface area (Å²) in [6.07, 6.45) is 2.21. The summed E-state index contributed by atoms with van der Waals surface area (Å²) in [5, 5.41) is 9.86. The monoisotopic (exact) mass is 201 g/mol. The van der Waals surface area contributed by atoms with E-state index in [0.29, 0.717) is 5.92 Å². The van der Waals surface area contributed by atoms with Crippen LogP contribution in [0.25, 0.3) is 0 Å². The lowest BCUT2D eigenvalue weighted by Gasteiger charge is -2.37. The molecule has 0 aliphatic carbocycles. The molecule has 0 radical (unpaired) electrons. The molecule has 1 rings (SSSR count). The molecule has 1 fully saturated rings. The average Bonchev–Trinajstić information content (AvgIpc) is 2.14. The SMILES string of the molecule is COCCN1CCC(C(C)(C)O)CC1. The maximum atomic E-state index is 9.86. The molecule has 1 heterocycles. The molecule has 0 aromatic carbocycles. The summed E-state index contributed by atoms with van der Waals surface area (Å²) >= 11 is 0. The van der Waals surface area contributed by atoms with Gasteiger partial charge in [0.25, 0.3) is 0 Å². The highest BCUT2D eigenvalue weighted by Crippen LogP contribution is 2.27. The number of hydrogen-bond donors (Lipinski definition) is 1. The van der Waals surface area contributed by atoms with Crippen LogP contribution in [-0.4, -0.2) is 49.0 Å². The molecule has 84 valence electrons. The highest BCUT2D eigenvalue weighted by Gasteiger charge is 2.30. The molecule has 14 heavy (non-hydrogen) atoms. The van der Waals surface area contributed by atoms with Gasteiger partial charge in [0.1, 0.15) is 0 Å². The molecule has 3 heteroatoms. The highest BCUT2D eigenvalue weighted by molar-refractivity contribution is 4.82. The van der Waals surface area contributed by atoms with Crippen LogP contribution in [-0.2, 0) is 4.74 Å². The minimum Gasteiger partial charge on any atom is -0.390 e. The van der Waals surface area contributed by atoms with Gasteiger partial charge in [-0.25, -0.2) is 0 Å². The van der Waals surface area contributed by atoms with Crippen LogP contribution >= 0.6 is 0 Å². The Morgan fingerprint density at radius 3 is 2.36 bits per heavy atom. The Labute approximate surface area is 87.1 Å². The van der Waals surface area contributed by atoms with E-state index in [-0.39, 0.29) is 0 Å². The first kappa shape index (κ1) is 12.0. The minimum absolute atomic E-state index is 0.460. The zero-order valence-corrected chi connectivity index (χ0v) is 9.62. The third kappa shape index (κ3) is 3.56. The second-order valence-corrected chi connectivity index (χ2v) is 4.76. The van der Waals surface area contributed by atoms with E-state index in [9.17, 15) is 5.11 Å². The van der Waals surface area contributed by atoms with E-state index in [2.05, 4.69) is 4.90 Å². The maximum absolute atomic E-state index is 9.86. The van der Waals surface area contributed by atoms with Crippen LogP contribution < -0.4 is 0 Å². The Balaban J connectivity index is 2.24. The summed E-state index contributed by atoms with van der Waals surface area (Å²) in [6.45, 7) is 7.86. The predicted octanol–water partition coefficient (Wildman–Crippen LogP) is 1.12. The fourth-order valence-electron chi connectivity index (χ4n) is 2.08. The molecule has 1 aliphatic rings. The summed E-state index contributed by atoms with van der Waals surface area (Å²) in [6, 6.07) is 0. The first-order valence-electron chi connectivity index (χ1n) is 5.47. The predicted molar refractivity (Wildman–Crippen MR) is 57.3 cm³/mol. The topological polar surface area (TPSA) is 32.7 Å². The second-order valence-electron chi connectivity index (χ2n) is 4.76. The Morgan fingerprint density at radius 1 is 1.36 bits per heavy atom. The Kier molecular flexibility index (Phi) is 4.35. The van der Waals surface area contributed by atoms with Gasteiger partial charge >= 0.3 is 0 Å². The average molecular weight is 201 g/mol. The van der Waals surface area contributed by atoms with Crippen molar-refractivity contribution in [1.82, 2.24) is 4.90 Å². The number of piperidine rings is 1. The normalized spacial score (nSPS) is 21.4. The molecular weight excluding hydrogens is 178 g/mol. The molecule has 1 N–H and O–H groups in total. The zero-order valence-electron chi connectivity index (χ0n) is 9.62. The molecule has 0 unspecified atom stereocenters. The number of hydrogen-bond acceptors (Lipinski definition) is 3. The minimum atomic E-state index is -0.507. The Bertz CT molecular complexity index is 157. The molecule has 0 bridgehead atoms. The van der Waals surface area contributed by atoms with Crippen molar-refractivity contribution < 1.29 is 9.84 Å². The summed E-state index contributed by atoms with van der Waals surface area (Å²) in [5.41, 5.74) is -0.507. The van der Waals surface area contributed by atoms with Crippen molar-refractivity contribution in [3.05, 3.63) is 0 Å². The van der Waals surface area contributed by atoms with E-state index in [0.717, 1.165) is 39.1 Å². The number of aliphatic hydroxyl groups is 1. The molecule has 0 spiro atoms. The number of nitrogens with zero attached hydrogens (tertiary/aromatic N) is 1. The van der Waals surface area contributed by atoms with Crippen molar-refractivity contribution in [2.75, 3.05) is 33.4 Å². The van der Waals surface area contributed by atoms with Gasteiger partial charge in [0.05, 0.1) is 12.2 Å². The van der Waals surface area contributed by atoms with Gasteiger partial charge < -0.3 is 14.7 Å². The van der Waals surface area contributed by atoms with Crippen molar-refractivity contribution in [2.45, 2.75) is 32.3 Å². The Hall–Kier alpha value is -0.120. The van der Waals surface area contributed by atoms with Gasteiger partial charge in [-0.3, -0.25) is 0 Å². The summed E-state index contributed by atoms with van der Waals surface area (Å²) in [4.78, 5) is 2.41. The lowest BCUT2D eigenvalue weighted by atomic mass is 9.83. The lowest BCUT2D eigenvalue weighted by Crippen LogP contribution is -2.42. The fraction of sp³-hybridized carbons (Fsp3) is 1.00. The summed E-state index contributed by atoms with van der Waals surface area (Å²) in [7, 11) is 1.74. The van der Waals surface area contributed by atoms with Crippen LogP contribution in [0.4, 0.5) is 0 Å². The van der Waals surface area contributed by atoms with Crippen molar-refractivity contribution in [3.63, 3.8) is 0 Å². The third-order valence-corrected chi connectivity index (χ3v) is 3.20. The van der Waals surface area contributed by atoms with Gasteiger partial charge in [-0.15, -0.1) is 0 Å². The van der Waals surface area contributed by atoms with Crippen molar-refractivity contribution in [3.8, 4) is 0 Å². The van der Waals surface area contributed by atoms with E-state index >= 15 is 0 Å². The molecule has 1 saturated heterocycles. The van der Waals surface area contributed by atoms with Crippen molar-refractivity contribution in [2.24, 2.45) is 5.92 Å². The first-order chi connectivity index (χ1) is 6.54. The Morgan fingerprint density at radius 2 is 1.93 bits per heavy atom. The standard InChI is InChI=1S/C11H23NO2/c1-11(2,13)10-4-6-12(7-5-10)8-9-14-3/h10,13H,4-9H2,1-3H3. The van der Waals surface area contributed by atoms with Gasteiger partial charge in [-0.1, -0.05) is 0 Å². The van der Waals surface area contributed by atoms with Gasteiger partial charge in [0, 0.05) is 13.7 Å². The molecule has 0 aromatic rings. The fourth-order valence-corrected chi connectivity index (χ4v) is 2.08. The van der Waals surface area contributed by atoms with Crippen molar-refractivity contribution >= 4 is 0 Å². The van der Waals surface area contributed by atoms with Crippen LogP contribution in [0.2, 0.25) is 0 Å². The molecular formula is C11H23NO2. The smallest absolute Gasteiger partial charge is 0.0620 e. The van der Waals surface area contributed by atoms with Crippen LogP contribution in [0.3, 0.4) is 0 Å².